The predicted molar refractivity (Wildman–Crippen MR) is 180 cm³/mol. The second kappa shape index (κ2) is 14.2. The molecule has 2 aromatic carbocycles. The van der Waals surface area contributed by atoms with Crippen molar-refractivity contribution in [1.29, 1.82) is 0 Å². The molecule has 0 unspecified atom stereocenters. The lowest BCUT2D eigenvalue weighted by Gasteiger charge is -2.35. The van der Waals surface area contributed by atoms with Gasteiger partial charge in [-0.25, -0.2) is 14.8 Å². The molecule has 5 rings (SSSR count). The zero-order chi connectivity index (χ0) is 32.0. The number of hydrogen-bond donors (Lipinski definition) is 2. The molecule has 1 aromatic heterocycles. The van der Waals surface area contributed by atoms with Crippen LogP contribution in [0.15, 0.2) is 65.8 Å². The lowest BCUT2D eigenvalue weighted by Crippen LogP contribution is -2.49. The van der Waals surface area contributed by atoms with Crippen molar-refractivity contribution in [1.82, 2.24) is 19.7 Å². The van der Waals surface area contributed by atoms with Gasteiger partial charge in [0.1, 0.15) is 11.4 Å². The Morgan fingerprint density at radius 2 is 1.76 bits per heavy atom. The third kappa shape index (κ3) is 8.89. The molecule has 10 heteroatoms. The van der Waals surface area contributed by atoms with E-state index in [2.05, 4.69) is 45.6 Å². The van der Waals surface area contributed by atoms with E-state index in [-0.39, 0.29) is 12.0 Å². The molecule has 2 aliphatic rings. The van der Waals surface area contributed by atoms with Crippen LogP contribution >= 0.6 is 0 Å². The Bertz CT molecular complexity index is 1520. The topological polar surface area (TPSA) is 102 Å². The monoisotopic (exact) mass is 611 g/mol. The van der Waals surface area contributed by atoms with Crippen LogP contribution in [0.1, 0.15) is 54.2 Å². The van der Waals surface area contributed by atoms with Gasteiger partial charge in [0.05, 0.1) is 17.1 Å². The van der Waals surface area contributed by atoms with Crippen LogP contribution in [0, 0.1) is 0 Å². The number of carbonyl (C=O) groups excluding carboxylic acids is 2. The molecule has 0 radical (unpaired) electrons. The maximum atomic E-state index is 13.2. The van der Waals surface area contributed by atoms with Crippen LogP contribution in [-0.4, -0.2) is 96.4 Å². The summed E-state index contributed by atoms with van der Waals surface area (Å²) in [5.74, 6) is 0.669. The van der Waals surface area contributed by atoms with Crippen molar-refractivity contribution in [2.24, 2.45) is 4.99 Å². The SMILES string of the molecule is CN(C)CCCNc1cc(C2=Nc3c(cccc3NC(=O)c3ccc(CN4CCN(C(=O)OC(C)(C)C)CC4)cc3)C2)ccn1. The number of hydrogen-bond acceptors (Lipinski definition) is 8. The number of ether oxygens (including phenoxy) is 1. The van der Waals surface area contributed by atoms with Gasteiger partial charge < -0.3 is 25.2 Å². The molecule has 238 valence electrons. The summed E-state index contributed by atoms with van der Waals surface area (Å²) in [4.78, 5) is 41.3. The van der Waals surface area contributed by atoms with Crippen molar-refractivity contribution in [2.45, 2.75) is 45.8 Å². The van der Waals surface area contributed by atoms with Gasteiger partial charge in [-0.1, -0.05) is 24.3 Å². The lowest BCUT2D eigenvalue weighted by atomic mass is 10.0. The van der Waals surface area contributed by atoms with E-state index in [1.165, 1.54) is 0 Å². The number of aliphatic imine (C=N–C) groups is 1. The number of amides is 2. The van der Waals surface area contributed by atoms with Crippen LogP contribution in [0.2, 0.25) is 0 Å². The Balaban J connectivity index is 1.16. The molecule has 2 aliphatic heterocycles. The molecular formula is C35H45N7O3. The number of nitrogens with one attached hydrogen (secondary N) is 2. The van der Waals surface area contributed by atoms with Gasteiger partial charge in [-0.05, 0) is 89.3 Å². The largest absolute Gasteiger partial charge is 0.444 e. The molecule has 3 heterocycles. The third-order valence-electron chi connectivity index (χ3n) is 7.80. The van der Waals surface area contributed by atoms with Crippen molar-refractivity contribution in [2.75, 3.05) is 64.0 Å². The maximum absolute atomic E-state index is 13.2. The molecule has 2 N–H and O–H groups in total. The highest BCUT2D eigenvalue weighted by atomic mass is 16.6. The van der Waals surface area contributed by atoms with E-state index >= 15 is 0 Å². The fourth-order valence-corrected chi connectivity index (χ4v) is 5.44. The molecule has 3 aromatic rings. The van der Waals surface area contributed by atoms with E-state index in [4.69, 9.17) is 9.73 Å². The molecular weight excluding hydrogens is 566 g/mol. The molecule has 2 amide bonds. The van der Waals surface area contributed by atoms with Gasteiger partial charge in [0, 0.05) is 63.0 Å². The summed E-state index contributed by atoms with van der Waals surface area (Å²) in [5.41, 5.74) is 5.80. The van der Waals surface area contributed by atoms with Crippen molar-refractivity contribution in [3.8, 4) is 0 Å². The van der Waals surface area contributed by atoms with Gasteiger partial charge in [0.2, 0.25) is 0 Å². The number of carbonyl (C=O) groups is 2. The van der Waals surface area contributed by atoms with Gasteiger partial charge in [-0.2, -0.15) is 0 Å². The first-order valence-electron chi connectivity index (χ1n) is 15.7. The highest BCUT2D eigenvalue weighted by Gasteiger charge is 2.26. The Morgan fingerprint density at radius 3 is 2.47 bits per heavy atom. The zero-order valence-electron chi connectivity index (χ0n) is 27.1. The Kier molecular flexibility index (Phi) is 10.1. The number of anilines is 2. The number of nitrogens with zero attached hydrogens (tertiary/aromatic N) is 5. The Hall–Kier alpha value is -4.28. The smallest absolute Gasteiger partial charge is 0.410 e. The number of fused-ring (bicyclic) bond motifs is 1. The average Bonchev–Trinajstić information content (AvgIpc) is 3.45. The van der Waals surface area contributed by atoms with Crippen molar-refractivity contribution < 1.29 is 14.3 Å². The van der Waals surface area contributed by atoms with Gasteiger partial charge in [0.25, 0.3) is 5.91 Å². The summed E-state index contributed by atoms with van der Waals surface area (Å²) >= 11 is 0. The van der Waals surface area contributed by atoms with Crippen LogP contribution in [0.3, 0.4) is 0 Å². The van der Waals surface area contributed by atoms with E-state index < -0.39 is 5.60 Å². The predicted octanol–water partition coefficient (Wildman–Crippen LogP) is 5.43. The van der Waals surface area contributed by atoms with E-state index in [9.17, 15) is 9.59 Å². The number of piperazine rings is 1. The van der Waals surface area contributed by atoms with Gasteiger partial charge >= 0.3 is 6.09 Å². The molecule has 0 bridgehead atoms. The number of aromatic nitrogens is 1. The molecule has 45 heavy (non-hydrogen) atoms. The Labute approximate surface area is 266 Å². The lowest BCUT2D eigenvalue weighted by molar-refractivity contribution is 0.0139. The summed E-state index contributed by atoms with van der Waals surface area (Å²) in [5, 5.41) is 6.49. The maximum Gasteiger partial charge on any atom is 0.410 e. The average molecular weight is 612 g/mol. The first kappa shape index (κ1) is 32.1. The van der Waals surface area contributed by atoms with Crippen molar-refractivity contribution in [3.63, 3.8) is 0 Å². The van der Waals surface area contributed by atoms with Crippen LogP contribution in [0.5, 0.6) is 0 Å². The second-order valence-electron chi connectivity index (χ2n) is 13.0. The first-order valence-corrected chi connectivity index (χ1v) is 15.7. The fraction of sp³-hybridized carbons (Fsp3) is 0.429. The summed E-state index contributed by atoms with van der Waals surface area (Å²) in [6, 6.07) is 17.7. The number of rotatable bonds is 10. The quantitative estimate of drug-likeness (QED) is 0.295. The van der Waals surface area contributed by atoms with Crippen LogP contribution in [0.4, 0.5) is 22.0 Å². The standard InChI is InChI=1S/C35H45N7O3/c1-35(2,3)45-34(44)42-20-18-41(19-21-42)24-25-10-12-26(13-11-25)33(43)39-29-9-6-8-28-22-30(38-32(28)29)27-14-16-37-31(23-27)36-15-7-17-40(4)5/h6,8-14,16,23H,7,15,17-22,24H2,1-5H3,(H,36,37)(H,39,43). The number of para-hydroxylation sites is 1. The minimum Gasteiger partial charge on any atom is -0.444 e. The summed E-state index contributed by atoms with van der Waals surface area (Å²) in [6.07, 6.45) is 3.29. The zero-order valence-corrected chi connectivity index (χ0v) is 27.1. The normalized spacial score (nSPS) is 15.1. The van der Waals surface area contributed by atoms with E-state index in [0.29, 0.717) is 30.8 Å². The minimum absolute atomic E-state index is 0.169. The molecule has 10 nitrogen and oxygen atoms in total. The highest BCUT2D eigenvalue weighted by Crippen LogP contribution is 2.36. The highest BCUT2D eigenvalue weighted by molar-refractivity contribution is 6.11. The van der Waals surface area contributed by atoms with Gasteiger partial charge in [0.15, 0.2) is 0 Å². The van der Waals surface area contributed by atoms with Crippen LogP contribution < -0.4 is 10.6 Å². The molecule has 1 fully saturated rings. The molecule has 0 atom stereocenters. The van der Waals surface area contributed by atoms with E-state index in [1.54, 1.807) is 4.90 Å². The van der Waals surface area contributed by atoms with Crippen LogP contribution in [-0.2, 0) is 17.7 Å². The fourth-order valence-electron chi connectivity index (χ4n) is 5.44. The summed E-state index contributed by atoms with van der Waals surface area (Å²) < 4.78 is 5.50. The number of pyridine rings is 1. The first-order chi connectivity index (χ1) is 21.5. The van der Waals surface area contributed by atoms with Crippen molar-refractivity contribution in [3.05, 3.63) is 83.0 Å². The third-order valence-corrected chi connectivity index (χ3v) is 7.80. The second-order valence-corrected chi connectivity index (χ2v) is 13.0. The van der Waals surface area contributed by atoms with E-state index in [0.717, 1.165) is 73.1 Å². The summed E-state index contributed by atoms with van der Waals surface area (Å²) in [7, 11) is 4.15. The van der Waals surface area contributed by atoms with Gasteiger partial charge in [-0.3, -0.25) is 9.69 Å². The van der Waals surface area contributed by atoms with Crippen LogP contribution in [0.25, 0.3) is 0 Å². The molecule has 0 aliphatic carbocycles. The van der Waals surface area contributed by atoms with Gasteiger partial charge in [-0.15, -0.1) is 0 Å². The molecule has 0 spiro atoms. The molecule has 0 saturated carbocycles. The summed E-state index contributed by atoms with van der Waals surface area (Å²) in [6.45, 7) is 11.1. The Morgan fingerprint density at radius 1 is 1.00 bits per heavy atom. The molecule has 1 saturated heterocycles. The van der Waals surface area contributed by atoms with Crippen molar-refractivity contribution >= 4 is 34.9 Å². The minimum atomic E-state index is -0.493. The number of benzene rings is 2. The van der Waals surface area contributed by atoms with E-state index in [1.807, 2.05) is 75.5 Å².